The zero-order chi connectivity index (χ0) is 17.3. The van der Waals surface area contributed by atoms with Crippen LogP contribution < -0.4 is 4.74 Å². The molecule has 2 amide bonds. The third-order valence-electron chi connectivity index (χ3n) is 4.75. The number of alkyl halides is 2. The average Bonchev–Trinajstić information content (AvgIpc) is 2.86. The third-order valence-corrected chi connectivity index (χ3v) is 4.75. The molecule has 3 heterocycles. The van der Waals surface area contributed by atoms with Crippen LogP contribution in [0.2, 0.25) is 0 Å². The summed E-state index contributed by atoms with van der Waals surface area (Å²) in [5.41, 5.74) is 0.443. The summed E-state index contributed by atoms with van der Waals surface area (Å²) in [7, 11) is 0. The molecule has 1 aromatic rings. The molecule has 0 aromatic heterocycles. The van der Waals surface area contributed by atoms with E-state index in [-0.39, 0.29) is 29.5 Å². The molecule has 4 rings (SSSR count). The fourth-order valence-corrected chi connectivity index (χ4v) is 3.53. The molecule has 1 aromatic carbocycles. The normalized spacial score (nSPS) is 23.3. The van der Waals surface area contributed by atoms with E-state index in [0.717, 1.165) is 12.8 Å². The van der Waals surface area contributed by atoms with E-state index in [1.165, 1.54) is 24.3 Å². The van der Waals surface area contributed by atoms with Gasteiger partial charge in [0.05, 0.1) is 0 Å². The molecule has 3 fully saturated rings. The molecule has 0 unspecified atom stereocenters. The monoisotopic (exact) mass is 338 g/mol. The summed E-state index contributed by atoms with van der Waals surface area (Å²) in [5.74, 6) is 0.230. The largest absolute Gasteiger partial charge is 0.435 e. The second-order valence-electron chi connectivity index (χ2n) is 6.38. The van der Waals surface area contributed by atoms with Crippen LogP contribution in [0.25, 0.3) is 0 Å². The molecule has 7 heteroatoms. The van der Waals surface area contributed by atoms with Gasteiger partial charge in [-0.05, 0) is 43.0 Å². The molecule has 0 radical (unpaired) electrons. The van der Waals surface area contributed by atoms with E-state index >= 15 is 0 Å². The second-order valence-corrected chi connectivity index (χ2v) is 6.38. The quantitative estimate of drug-likeness (QED) is 0.850. The van der Waals surface area contributed by atoms with Gasteiger partial charge in [0.1, 0.15) is 5.75 Å². The molecular weight excluding hydrogens is 318 g/mol. The lowest BCUT2D eigenvalue weighted by atomic mass is 9.94. The van der Waals surface area contributed by atoms with Gasteiger partial charge in [0.15, 0.2) is 0 Å². The molecule has 3 aliphatic heterocycles. The SMILES string of the molecule is CC(=O)N1C[C@@H]2CC[C@H](C1)N(C(=O)c1ccc(OC(F)F)cc1)C2. The van der Waals surface area contributed by atoms with Gasteiger partial charge in [-0.1, -0.05) is 0 Å². The summed E-state index contributed by atoms with van der Waals surface area (Å²) < 4.78 is 28.7. The Morgan fingerprint density at radius 1 is 1.12 bits per heavy atom. The van der Waals surface area contributed by atoms with Gasteiger partial charge in [0, 0.05) is 38.2 Å². The number of rotatable bonds is 3. The minimum absolute atomic E-state index is 0.0112. The molecule has 24 heavy (non-hydrogen) atoms. The summed E-state index contributed by atoms with van der Waals surface area (Å²) in [5, 5.41) is 0. The highest BCUT2D eigenvalue weighted by molar-refractivity contribution is 5.94. The van der Waals surface area contributed by atoms with Gasteiger partial charge in [-0.2, -0.15) is 8.78 Å². The van der Waals surface area contributed by atoms with Crippen molar-refractivity contribution in [2.75, 3.05) is 19.6 Å². The van der Waals surface area contributed by atoms with E-state index in [0.29, 0.717) is 25.2 Å². The van der Waals surface area contributed by atoms with E-state index in [1.54, 1.807) is 6.92 Å². The van der Waals surface area contributed by atoms with Crippen LogP contribution in [0.4, 0.5) is 8.78 Å². The first kappa shape index (κ1) is 16.7. The molecular formula is C17H20F2N2O3. The molecule has 0 saturated carbocycles. The molecule has 0 spiro atoms. The summed E-state index contributed by atoms with van der Waals surface area (Å²) in [6.07, 6.45) is 1.89. The minimum atomic E-state index is -2.88. The molecule has 2 bridgehead atoms. The fourth-order valence-electron chi connectivity index (χ4n) is 3.53. The molecule has 0 N–H and O–H groups in total. The van der Waals surface area contributed by atoms with E-state index in [4.69, 9.17) is 0 Å². The van der Waals surface area contributed by atoms with Crippen LogP contribution in [-0.4, -0.2) is 53.9 Å². The van der Waals surface area contributed by atoms with Crippen molar-refractivity contribution in [2.45, 2.75) is 32.4 Å². The van der Waals surface area contributed by atoms with Gasteiger partial charge in [0.2, 0.25) is 5.91 Å². The lowest BCUT2D eigenvalue weighted by molar-refractivity contribution is -0.129. The predicted octanol–water partition coefficient (Wildman–Crippen LogP) is 2.37. The third kappa shape index (κ3) is 3.49. The second kappa shape index (κ2) is 6.75. The number of carbonyl (C=O) groups excluding carboxylic acids is 2. The van der Waals surface area contributed by atoms with Crippen LogP contribution in [0.5, 0.6) is 5.75 Å². The van der Waals surface area contributed by atoms with Crippen LogP contribution in [-0.2, 0) is 4.79 Å². The number of amides is 2. The van der Waals surface area contributed by atoms with E-state index in [2.05, 4.69) is 4.74 Å². The van der Waals surface area contributed by atoms with E-state index in [1.807, 2.05) is 9.80 Å². The maximum atomic E-state index is 12.8. The summed E-state index contributed by atoms with van der Waals surface area (Å²) >= 11 is 0. The number of hydrogen-bond acceptors (Lipinski definition) is 3. The lowest BCUT2D eigenvalue weighted by Gasteiger charge is -2.36. The van der Waals surface area contributed by atoms with Crippen LogP contribution in [0, 0.1) is 5.92 Å². The highest BCUT2D eigenvalue weighted by Crippen LogP contribution is 2.29. The number of ether oxygens (including phenoxy) is 1. The number of halogens is 2. The zero-order valence-electron chi connectivity index (χ0n) is 13.5. The Kier molecular flexibility index (Phi) is 4.69. The summed E-state index contributed by atoms with van der Waals surface area (Å²) in [6, 6.07) is 5.76. The van der Waals surface area contributed by atoms with E-state index in [9.17, 15) is 18.4 Å². The Hall–Kier alpha value is -2.18. The number of hydrogen-bond donors (Lipinski definition) is 0. The smallest absolute Gasteiger partial charge is 0.387 e. The Morgan fingerprint density at radius 3 is 2.46 bits per heavy atom. The Bertz CT molecular complexity index is 621. The molecule has 2 atom stereocenters. The molecule has 0 aliphatic carbocycles. The van der Waals surface area contributed by atoms with Crippen LogP contribution in [0.1, 0.15) is 30.1 Å². The van der Waals surface area contributed by atoms with Crippen molar-refractivity contribution in [3.63, 3.8) is 0 Å². The van der Waals surface area contributed by atoms with Crippen LogP contribution in [0.3, 0.4) is 0 Å². The number of benzene rings is 1. The van der Waals surface area contributed by atoms with Gasteiger partial charge in [-0.3, -0.25) is 9.59 Å². The number of carbonyl (C=O) groups is 2. The first-order valence-electron chi connectivity index (χ1n) is 8.05. The maximum absolute atomic E-state index is 12.8. The van der Waals surface area contributed by atoms with Crippen molar-refractivity contribution in [3.8, 4) is 5.75 Å². The Balaban J connectivity index is 1.74. The molecule has 130 valence electrons. The summed E-state index contributed by atoms with van der Waals surface area (Å²) in [6.45, 7) is 0.549. The first-order chi connectivity index (χ1) is 11.4. The van der Waals surface area contributed by atoms with Gasteiger partial charge < -0.3 is 14.5 Å². The first-order valence-corrected chi connectivity index (χ1v) is 8.05. The van der Waals surface area contributed by atoms with E-state index < -0.39 is 6.61 Å². The highest BCUT2D eigenvalue weighted by Gasteiger charge is 2.38. The van der Waals surface area contributed by atoms with Crippen molar-refractivity contribution in [1.82, 2.24) is 9.80 Å². The highest BCUT2D eigenvalue weighted by atomic mass is 19.3. The van der Waals surface area contributed by atoms with Gasteiger partial charge in [-0.25, -0.2) is 0 Å². The van der Waals surface area contributed by atoms with Crippen LogP contribution >= 0.6 is 0 Å². The van der Waals surface area contributed by atoms with Crippen molar-refractivity contribution >= 4 is 11.8 Å². The fraction of sp³-hybridized carbons (Fsp3) is 0.529. The Labute approximate surface area is 139 Å². The van der Waals surface area contributed by atoms with Crippen molar-refractivity contribution < 1.29 is 23.1 Å². The van der Waals surface area contributed by atoms with Crippen molar-refractivity contribution in [1.29, 1.82) is 0 Å². The average molecular weight is 338 g/mol. The van der Waals surface area contributed by atoms with Gasteiger partial charge >= 0.3 is 6.61 Å². The topological polar surface area (TPSA) is 49.9 Å². The van der Waals surface area contributed by atoms with Crippen molar-refractivity contribution in [2.24, 2.45) is 5.92 Å². The summed E-state index contributed by atoms with van der Waals surface area (Å²) in [4.78, 5) is 28.1. The van der Waals surface area contributed by atoms with Crippen molar-refractivity contribution in [3.05, 3.63) is 29.8 Å². The number of nitrogens with zero attached hydrogens (tertiary/aromatic N) is 2. The number of fused-ring (bicyclic) bond motifs is 4. The molecule has 3 aliphatic rings. The standard InChI is InChI=1S/C17H20F2N2O3/c1-11(22)20-8-12-2-5-14(10-20)21(9-12)16(23)13-3-6-15(7-4-13)24-17(18)19/h3-4,6-7,12,14,17H,2,5,8-10H2,1H3/t12-,14+/m0/s1. The number of piperidine rings is 1. The molecule has 3 saturated heterocycles. The van der Waals surface area contributed by atoms with Gasteiger partial charge in [0.25, 0.3) is 5.91 Å². The lowest BCUT2D eigenvalue weighted by Crippen LogP contribution is -2.47. The van der Waals surface area contributed by atoms with Gasteiger partial charge in [-0.15, -0.1) is 0 Å². The zero-order valence-corrected chi connectivity index (χ0v) is 13.5. The maximum Gasteiger partial charge on any atom is 0.387 e. The Morgan fingerprint density at radius 2 is 1.83 bits per heavy atom. The molecule has 5 nitrogen and oxygen atoms in total. The van der Waals surface area contributed by atoms with Crippen LogP contribution in [0.15, 0.2) is 24.3 Å². The predicted molar refractivity (Wildman–Crippen MR) is 82.9 cm³/mol. The minimum Gasteiger partial charge on any atom is -0.435 e.